The van der Waals surface area contributed by atoms with Gasteiger partial charge in [-0.15, -0.1) is 0 Å². The second-order valence-corrected chi connectivity index (χ2v) is 9.38. The first-order valence-electron chi connectivity index (χ1n) is 9.44. The van der Waals surface area contributed by atoms with E-state index in [1.54, 1.807) is 12.1 Å². The van der Waals surface area contributed by atoms with E-state index in [1.165, 1.54) is 4.31 Å². The zero-order valence-corrected chi connectivity index (χ0v) is 16.5. The van der Waals surface area contributed by atoms with Crippen molar-refractivity contribution in [3.8, 4) is 0 Å². The smallest absolute Gasteiger partial charge is 0.243 e. The molecule has 26 heavy (non-hydrogen) atoms. The molecule has 7 heteroatoms. The molecule has 2 aliphatic heterocycles. The Morgan fingerprint density at radius 3 is 2.46 bits per heavy atom. The Morgan fingerprint density at radius 2 is 1.81 bits per heavy atom. The van der Waals surface area contributed by atoms with Gasteiger partial charge in [0.25, 0.3) is 0 Å². The van der Waals surface area contributed by atoms with Crippen LogP contribution in [-0.2, 0) is 14.8 Å². The van der Waals surface area contributed by atoms with Gasteiger partial charge in [-0.2, -0.15) is 4.31 Å². The first kappa shape index (κ1) is 19.3. The van der Waals surface area contributed by atoms with E-state index in [1.807, 2.05) is 31.0 Å². The first-order valence-corrected chi connectivity index (χ1v) is 10.9. The summed E-state index contributed by atoms with van der Waals surface area (Å²) in [6, 6.07) is 7.18. The molecule has 2 heterocycles. The molecular formula is C19H29N3O3S. The molecule has 0 saturated carbocycles. The van der Waals surface area contributed by atoms with Gasteiger partial charge in [-0.25, -0.2) is 8.42 Å². The van der Waals surface area contributed by atoms with Gasteiger partial charge in [-0.05, 0) is 57.8 Å². The molecule has 1 amide bonds. The molecule has 1 N–H and O–H groups in total. The van der Waals surface area contributed by atoms with Crippen LogP contribution >= 0.6 is 0 Å². The maximum atomic E-state index is 12.9. The molecule has 2 fully saturated rings. The average molecular weight is 380 g/mol. The Bertz CT molecular complexity index is 727. The van der Waals surface area contributed by atoms with Crippen LogP contribution in [0.15, 0.2) is 29.2 Å². The topological polar surface area (TPSA) is 69.7 Å². The molecule has 0 aromatic heterocycles. The van der Waals surface area contributed by atoms with Gasteiger partial charge >= 0.3 is 0 Å². The lowest BCUT2D eigenvalue weighted by atomic mass is 9.96. The molecule has 144 valence electrons. The van der Waals surface area contributed by atoms with Crippen LogP contribution in [0.4, 0.5) is 0 Å². The minimum Gasteiger partial charge on any atom is -0.342 e. The summed E-state index contributed by atoms with van der Waals surface area (Å²) in [6.07, 6.45) is 3.40. The Labute approximate surface area is 156 Å². The second-order valence-electron chi connectivity index (χ2n) is 7.45. The number of hydrogen-bond acceptors (Lipinski definition) is 4. The number of aryl methyl sites for hydroxylation is 1. The van der Waals surface area contributed by atoms with Gasteiger partial charge in [0, 0.05) is 26.2 Å². The van der Waals surface area contributed by atoms with Gasteiger partial charge in [0.2, 0.25) is 15.9 Å². The fourth-order valence-corrected chi connectivity index (χ4v) is 5.41. The minimum atomic E-state index is -3.54. The van der Waals surface area contributed by atoms with Gasteiger partial charge in [-0.1, -0.05) is 17.7 Å². The van der Waals surface area contributed by atoms with Gasteiger partial charge in [-0.3, -0.25) is 4.79 Å². The van der Waals surface area contributed by atoms with Crippen molar-refractivity contribution in [2.75, 3.05) is 33.2 Å². The normalized spacial score (nSPS) is 22.9. The average Bonchev–Trinajstić information content (AvgIpc) is 2.68. The van der Waals surface area contributed by atoms with E-state index in [0.717, 1.165) is 44.3 Å². The van der Waals surface area contributed by atoms with Crippen LogP contribution < -0.4 is 5.32 Å². The van der Waals surface area contributed by atoms with Crippen molar-refractivity contribution >= 4 is 15.9 Å². The number of carbonyl (C=O) groups is 1. The van der Waals surface area contributed by atoms with Crippen molar-refractivity contribution in [3.05, 3.63) is 29.8 Å². The zero-order chi connectivity index (χ0) is 18.7. The SMILES string of the molecule is Cc1ccc(S(=O)(=O)N2CCCC(C(=O)N(C)C3CCNCC3)C2)cc1. The van der Waals surface area contributed by atoms with E-state index in [2.05, 4.69) is 5.32 Å². The summed E-state index contributed by atoms with van der Waals surface area (Å²) in [7, 11) is -1.68. The number of amides is 1. The molecule has 6 nitrogen and oxygen atoms in total. The van der Waals surface area contributed by atoms with Gasteiger partial charge in [0.15, 0.2) is 0 Å². The van der Waals surface area contributed by atoms with E-state index in [-0.39, 0.29) is 24.4 Å². The number of sulfonamides is 1. The van der Waals surface area contributed by atoms with E-state index in [4.69, 9.17) is 0 Å². The van der Waals surface area contributed by atoms with Crippen LogP contribution in [0, 0.1) is 12.8 Å². The third-order valence-electron chi connectivity index (χ3n) is 5.60. The lowest BCUT2D eigenvalue weighted by Gasteiger charge is -2.37. The maximum absolute atomic E-state index is 12.9. The number of carbonyl (C=O) groups excluding carboxylic acids is 1. The minimum absolute atomic E-state index is 0.0840. The molecule has 1 atom stereocenters. The second kappa shape index (κ2) is 8.06. The summed E-state index contributed by atoms with van der Waals surface area (Å²) >= 11 is 0. The molecule has 1 aromatic rings. The van der Waals surface area contributed by atoms with E-state index in [9.17, 15) is 13.2 Å². The highest BCUT2D eigenvalue weighted by atomic mass is 32.2. The summed E-state index contributed by atoms with van der Waals surface area (Å²) in [4.78, 5) is 15.1. The number of benzene rings is 1. The highest BCUT2D eigenvalue weighted by molar-refractivity contribution is 7.89. The number of nitrogens with zero attached hydrogens (tertiary/aromatic N) is 2. The summed E-state index contributed by atoms with van der Waals surface area (Å²) in [5.41, 5.74) is 1.03. The predicted molar refractivity (Wildman–Crippen MR) is 101 cm³/mol. The molecule has 2 aliphatic rings. The molecule has 0 aliphatic carbocycles. The summed E-state index contributed by atoms with van der Waals surface area (Å²) in [6.45, 7) is 4.56. The number of hydrogen-bond donors (Lipinski definition) is 1. The van der Waals surface area contributed by atoms with Gasteiger partial charge in [0.05, 0.1) is 10.8 Å². The zero-order valence-electron chi connectivity index (χ0n) is 15.6. The largest absolute Gasteiger partial charge is 0.342 e. The Morgan fingerprint density at radius 1 is 1.15 bits per heavy atom. The van der Waals surface area contributed by atoms with E-state index >= 15 is 0 Å². The van der Waals surface area contributed by atoms with Crippen molar-refractivity contribution in [1.82, 2.24) is 14.5 Å². The third kappa shape index (κ3) is 4.10. The highest BCUT2D eigenvalue weighted by Crippen LogP contribution is 2.26. The van der Waals surface area contributed by atoms with Crippen LogP contribution in [0.2, 0.25) is 0 Å². The lowest BCUT2D eigenvalue weighted by molar-refractivity contribution is -0.138. The van der Waals surface area contributed by atoms with Crippen LogP contribution in [0.3, 0.4) is 0 Å². The first-order chi connectivity index (χ1) is 12.4. The molecular weight excluding hydrogens is 350 g/mol. The molecule has 1 aromatic carbocycles. The molecule has 2 saturated heterocycles. The van der Waals surface area contributed by atoms with Gasteiger partial charge in [0.1, 0.15) is 0 Å². The molecule has 1 unspecified atom stereocenters. The van der Waals surface area contributed by atoms with Crippen molar-refractivity contribution in [1.29, 1.82) is 0 Å². The Hall–Kier alpha value is -1.44. The molecule has 3 rings (SSSR count). The predicted octanol–water partition coefficient (Wildman–Crippen LogP) is 1.61. The maximum Gasteiger partial charge on any atom is 0.243 e. The summed E-state index contributed by atoms with van der Waals surface area (Å²) < 4.78 is 27.3. The van der Waals surface area contributed by atoms with Gasteiger partial charge < -0.3 is 10.2 Å². The third-order valence-corrected chi connectivity index (χ3v) is 7.48. The lowest BCUT2D eigenvalue weighted by Crippen LogP contribution is -2.50. The number of piperidine rings is 2. The fourth-order valence-electron chi connectivity index (χ4n) is 3.88. The van der Waals surface area contributed by atoms with E-state index in [0.29, 0.717) is 11.4 Å². The van der Waals surface area contributed by atoms with Crippen molar-refractivity contribution in [2.45, 2.75) is 43.5 Å². The van der Waals surface area contributed by atoms with Crippen molar-refractivity contribution in [2.24, 2.45) is 5.92 Å². The van der Waals surface area contributed by atoms with Crippen LogP contribution in [-0.4, -0.2) is 62.8 Å². The number of nitrogens with one attached hydrogen (secondary N) is 1. The molecule has 0 radical (unpaired) electrons. The molecule has 0 bridgehead atoms. The van der Waals surface area contributed by atoms with Crippen LogP contribution in [0.25, 0.3) is 0 Å². The molecule has 0 spiro atoms. The highest BCUT2D eigenvalue weighted by Gasteiger charge is 2.35. The van der Waals surface area contributed by atoms with Crippen LogP contribution in [0.5, 0.6) is 0 Å². The number of rotatable bonds is 4. The monoisotopic (exact) mass is 379 g/mol. The Balaban J connectivity index is 1.70. The van der Waals surface area contributed by atoms with Crippen molar-refractivity contribution in [3.63, 3.8) is 0 Å². The quantitative estimate of drug-likeness (QED) is 0.863. The fraction of sp³-hybridized carbons (Fsp3) is 0.632. The van der Waals surface area contributed by atoms with Crippen LogP contribution in [0.1, 0.15) is 31.2 Å². The standard InChI is InChI=1S/C19H29N3O3S/c1-15-5-7-18(8-6-15)26(24,25)22-13-3-4-16(14-22)19(23)21(2)17-9-11-20-12-10-17/h5-8,16-17,20H,3-4,9-14H2,1-2H3. The van der Waals surface area contributed by atoms with Crippen molar-refractivity contribution < 1.29 is 13.2 Å². The summed E-state index contributed by atoms with van der Waals surface area (Å²) in [5.74, 6) is -0.162. The Kier molecular flexibility index (Phi) is 5.99. The van der Waals surface area contributed by atoms with E-state index < -0.39 is 10.0 Å². The summed E-state index contributed by atoms with van der Waals surface area (Å²) in [5, 5.41) is 3.31.